The van der Waals surface area contributed by atoms with Crippen LogP contribution in [-0.4, -0.2) is 16.7 Å². The Balaban J connectivity index is 0.00000128. The van der Waals surface area contributed by atoms with Crippen molar-refractivity contribution < 1.29 is 4.74 Å². The SMILES string of the molecule is CCc1ccc(C)n2nc(OC)c(N)c12.Cl. The maximum absolute atomic E-state index is 5.99. The van der Waals surface area contributed by atoms with Crippen LogP contribution in [0, 0.1) is 6.92 Å². The van der Waals surface area contributed by atoms with E-state index in [1.54, 1.807) is 7.11 Å². The Hall–Kier alpha value is -1.42. The van der Waals surface area contributed by atoms with Crippen LogP contribution in [0.1, 0.15) is 18.2 Å². The van der Waals surface area contributed by atoms with E-state index < -0.39 is 0 Å². The second kappa shape index (κ2) is 4.61. The van der Waals surface area contributed by atoms with Crippen LogP contribution in [0.3, 0.4) is 0 Å². The number of pyridine rings is 1. The molecule has 0 aliphatic carbocycles. The van der Waals surface area contributed by atoms with Gasteiger partial charge in [-0.2, -0.15) is 0 Å². The van der Waals surface area contributed by atoms with Gasteiger partial charge in [0.25, 0.3) is 5.88 Å². The molecule has 2 heterocycles. The van der Waals surface area contributed by atoms with Gasteiger partial charge in [0.15, 0.2) is 0 Å². The first-order valence-corrected chi connectivity index (χ1v) is 4.99. The topological polar surface area (TPSA) is 52.5 Å². The van der Waals surface area contributed by atoms with Crippen molar-refractivity contribution in [1.29, 1.82) is 0 Å². The van der Waals surface area contributed by atoms with Gasteiger partial charge in [-0.15, -0.1) is 17.5 Å². The van der Waals surface area contributed by atoms with Gasteiger partial charge < -0.3 is 10.5 Å². The van der Waals surface area contributed by atoms with Crippen molar-refractivity contribution in [1.82, 2.24) is 9.61 Å². The van der Waals surface area contributed by atoms with Crippen molar-refractivity contribution in [2.75, 3.05) is 12.8 Å². The van der Waals surface area contributed by atoms with Crippen LogP contribution in [0.4, 0.5) is 5.69 Å². The summed E-state index contributed by atoms with van der Waals surface area (Å²) < 4.78 is 6.97. The highest BCUT2D eigenvalue weighted by Crippen LogP contribution is 2.28. The molecule has 0 saturated carbocycles. The van der Waals surface area contributed by atoms with Crippen molar-refractivity contribution in [3.8, 4) is 5.88 Å². The lowest BCUT2D eigenvalue weighted by Crippen LogP contribution is -1.97. The molecule has 0 saturated heterocycles. The van der Waals surface area contributed by atoms with E-state index in [-0.39, 0.29) is 12.4 Å². The number of halogens is 1. The predicted octanol–water partition coefficient (Wildman–Crippen LogP) is 2.22. The molecule has 5 heteroatoms. The Kier molecular flexibility index (Phi) is 3.65. The molecule has 0 aliphatic heterocycles. The van der Waals surface area contributed by atoms with E-state index >= 15 is 0 Å². The van der Waals surface area contributed by atoms with Crippen molar-refractivity contribution in [2.45, 2.75) is 20.3 Å². The van der Waals surface area contributed by atoms with Crippen LogP contribution in [0.25, 0.3) is 5.52 Å². The number of fused-ring (bicyclic) bond motifs is 1. The van der Waals surface area contributed by atoms with E-state index in [0.29, 0.717) is 11.6 Å². The largest absolute Gasteiger partial charge is 0.478 e. The number of hydrogen-bond acceptors (Lipinski definition) is 3. The molecule has 0 unspecified atom stereocenters. The van der Waals surface area contributed by atoms with Crippen molar-refractivity contribution in [3.05, 3.63) is 23.4 Å². The summed E-state index contributed by atoms with van der Waals surface area (Å²) in [6.45, 7) is 4.10. The van der Waals surface area contributed by atoms with E-state index in [0.717, 1.165) is 17.6 Å². The molecule has 88 valence electrons. The molecule has 16 heavy (non-hydrogen) atoms. The minimum atomic E-state index is 0. The number of nitrogens with zero attached hydrogens (tertiary/aromatic N) is 2. The molecular weight excluding hydrogens is 226 g/mol. The number of aryl methyl sites for hydroxylation is 2. The maximum atomic E-state index is 5.99. The van der Waals surface area contributed by atoms with Gasteiger partial charge >= 0.3 is 0 Å². The quantitative estimate of drug-likeness (QED) is 0.877. The summed E-state index contributed by atoms with van der Waals surface area (Å²) in [5, 5.41) is 4.31. The van der Waals surface area contributed by atoms with Gasteiger partial charge in [-0.05, 0) is 25.0 Å². The van der Waals surface area contributed by atoms with E-state index in [4.69, 9.17) is 10.5 Å². The normalized spacial score (nSPS) is 10.2. The standard InChI is InChI=1S/C11H15N3O.ClH/c1-4-8-6-5-7(2)14-10(8)9(12)11(13-14)15-3;/h5-6H,4,12H2,1-3H3;1H. The van der Waals surface area contributed by atoms with Crippen LogP contribution >= 0.6 is 12.4 Å². The summed E-state index contributed by atoms with van der Waals surface area (Å²) in [5.41, 5.74) is 9.82. The fraction of sp³-hybridized carbons (Fsp3) is 0.364. The number of aromatic nitrogens is 2. The number of nitrogen functional groups attached to an aromatic ring is 1. The third-order valence-electron chi connectivity index (χ3n) is 2.63. The second-order valence-corrected chi connectivity index (χ2v) is 3.54. The zero-order valence-corrected chi connectivity index (χ0v) is 10.5. The van der Waals surface area contributed by atoms with Crippen LogP contribution in [0.2, 0.25) is 0 Å². The summed E-state index contributed by atoms with van der Waals surface area (Å²) in [4.78, 5) is 0. The lowest BCUT2D eigenvalue weighted by atomic mass is 10.1. The Labute approximate surface area is 101 Å². The van der Waals surface area contributed by atoms with Crippen molar-refractivity contribution in [2.24, 2.45) is 0 Å². The molecule has 0 radical (unpaired) electrons. The summed E-state index contributed by atoms with van der Waals surface area (Å²) in [5.74, 6) is 0.499. The number of nitrogens with two attached hydrogens (primary N) is 1. The summed E-state index contributed by atoms with van der Waals surface area (Å²) in [6, 6.07) is 4.12. The highest BCUT2D eigenvalue weighted by atomic mass is 35.5. The fourth-order valence-electron chi connectivity index (χ4n) is 1.78. The highest BCUT2D eigenvalue weighted by molar-refractivity contribution is 5.85. The van der Waals surface area contributed by atoms with Gasteiger partial charge in [-0.1, -0.05) is 13.0 Å². The van der Waals surface area contributed by atoms with Gasteiger partial charge in [-0.25, -0.2) is 4.52 Å². The summed E-state index contributed by atoms with van der Waals surface area (Å²) >= 11 is 0. The van der Waals surface area contributed by atoms with Crippen molar-refractivity contribution >= 4 is 23.6 Å². The smallest absolute Gasteiger partial charge is 0.257 e. The van der Waals surface area contributed by atoms with Gasteiger partial charge in [0.2, 0.25) is 0 Å². The summed E-state index contributed by atoms with van der Waals surface area (Å²) in [6.07, 6.45) is 0.933. The molecule has 2 N–H and O–H groups in total. The lowest BCUT2D eigenvalue weighted by molar-refractivity contribution is 0.396. The zero-order valence-electron chi connectivity index (χ0n) is 9.65. The van der Waals surface area contributed by atoms with E-state index in [9.17, 15) is 0 Å². The molecule has 2 aromatic rings. The first kappa shape index (κ1) is 12.6. The van der Waals surface area contributed by atoms with Crippen LogP contribution in [-0.2, 0) is 6.42 Å². The molecule has 0 amide bonds. The lowest BCUT2D eigenvalue weighted by Gasteiger charge is -2.03. The zero-order chi connectivity index (χ0) is 11.0. The molecule has 2 aromatic heterocycles. The fourth-order valence-corrected chi connectivity index (χ4v) is 1.78. The van der Waals surface area contributed by atoms with Crippen LogP contribution in [0.5, 0.6) is 5.88 Å². The number of methoxy groups -OCH3 is 1. The average molecular weight is 242 g/mol. The number of ether oxygens (including phenoxy) is 1. The van der Waals surface area contributed by atoms with Gasteiger partial charge in [0.05, 0.1) is 12.6 Å². The molecule has 0 spiro atoms. The van der Waals surface area contributed by atoms with Crippen LogP contribution < -0.4 is 10.5 Å². The highest BCUT2D eigenvalue weighted by Gasteiger charge is 2.13. The molecule has 0 bridgehead atoms. The number of hydrogen-bond donors (Lipinski definition) is 1. The predicted molar refractivity (Wildman–Crippen MR) is 67.5 cm³/mol. The van der Waals surface area contributed by atoms with Gasteiger partial charge in [-0.3, -0.25) is 0 Å². The first-order valence-electron chi connectivity index (χ1n) is 4.99. The number of anilines is 1. The molecular formula is C11H16ClN3O. The molecule has 0 fully saturated rings. The van der Waals surface area contributed by atoms with Crippen LogP contribution in [0.15, 0.2) is 12.1 Å². The molecule has 0 atom stereocenters. The van der Waals surface area contributed by atoms with E-state index in [1.807, 2.05) is 17.5 Å². The first-order chi connectivity index (χ1) is 7.19. The Bertz CT molecular complexity index is 507. The molecule has 4 nitrogen and oxygen atoms in total. The molecule has 0 aliphatic rings. The Morgan fingerprint density at radius 3 is 2.69 bits per heavy atom. The van der Waals surface area contributed by atoms with Gasteiger partial charge in [0, 0.05) is 5.69 Å². The monoisotopic (exact) mass is 241 g/mol. The van der Waals surface area contributed by atoms with E-state index in [1.165, 1.54) is 5.56 Å². The maximum Gasteiger partial charge on any atom is 0.257 e. The van der Waals surface area contributed by atoms with Gasteiger partial charge in [0.1, 0.15) is 5.69 Å². The number of rotatable bonds is 2. The van der Waals surface area contributed by atoms with Crippen molar-refractivity contribution in [3.63, 3.8) is 0 Å². The third-order valence-corrected chi connectivity index (χ3v) is 2.63. The Morgan fingerprint density at radius 1 is 1.44 bits per heavy atom. The minimum Gasteiger partial charge on any atom is -0.478 e. The second-order valence-electron chi connectivity index (χ2n) is 3.54. The van der Waals surface area contributed by atoms with E-state index in [2.05, 4.69) is 18.1 Å². The molecule has 0 aromatic carbocycles. The molecule has 2 rings (SSSR count). The summed E-state index contributed by atoms with van der Waals surface area (Å²) in [7, 11) is 1.58. The average Bonchev–Trinajstić information content (AvgIpc) is 2.58. The Morgan fingerprint density at radius 2 is 2.12 bits per heavy atom. The third kappa shape index (κ3) is 1.69. The minimum absolute atomic E-state index is 0.